The molecular formula is C21H26N4O3. The van der Waals surface area contributed by atoms with E-state index in [1.807, 2.05) is 36.1 Å². The summed E-state index contributed by atoms with van der Waals surface area (Å²) < 4.78 is 11.4. The van der Waals surface area contributed by atoms with Gasteiger partial charge in [0.25, 0.3) is 5.91 Å². The molecule has 0 saturated carbocycles. The monoisotopic (exact) mass is 382 g/mol. The second-order valence-corrected chi connectivity index (χ2v) is 7.22. The van der Waals surface area contributed by atoms with Gasteiger partial charge < -0.3 is 19.3 Å². The van der Waals surface area contributed by atoms with Crippen LogP contribution in [0.4, 0.5) is 5.69 Å². The van der Waals surface area contributed by atoms with Crippen molar-refractivity contribution in [1.29, 1.82) is 0 Å². The lowest BCUT2D eigenvalue weighted by atomic mass is 10.1. The van der Waals surface area contributed by atoms with Crippen LogP contribution in [0.5, 0.6) is 5.88 Å². The maximum atomic E-state index is 13.0. The Bertz CT molecular complexity index is 806. The van der Waals surface area contributed by atoms with E-state index in [1.165, 1.54) is 0 Å². The zero-order valence-electron chi connectivity index (χ0n) is 16.2. The third kappa shape index (κ3) is 4.42. The summed E-state index contributed by atoms with van der Waals surface area (Å²) in [5, 5.41) is 0. The number of carbonyl (C=O) groups is 1. The van der Waals surface area contributed by atoms with Crippen molar-refractivity contribution < 1.29 is 14.3 Å². The molecule has 3 heterocycles. The molecule has 0 aliphatic carbocycles. The summed E-state index contributed by atoms with van der Waals surface area (Å²) in [4.78, 5) is 25.5. The number of likely N-dealkylation sites (tertiary alicyclic amines) is 1. The molecule has 2 fully saturated rings. The minimum absolute atomic E-state index is 0.0420. The maximum Gasteiger partial charge on any atom is 0.253 e. The van der Waals surface area contributed by atoms with Crippen LogP contribution in [0.3, 0.4) is 0 Å². The van der Waals surface area contributed by atoms with Gasteiger partial charge in [0.05, 0.1) is 19.8 Å². The molecule has 2 aromatic rings. The van der Waals surface area contributed by atoms with Crippen molar-refractivity contribution >= 4 is 11.6 Å². The number of nitrogens with zero attached hydrogens (tertiary/aromatic N) is 4. The van der Waals surface area contributed by atoms with Gasteiger partial charge in [0.15, 0.2) is 0 Å². The zero-order chi connectivity index (χ0) is 19.3. The fourth-order valence-electron chi connectivity index (χ4n) is 3.71. The topological polar surface area (TPSA) is 67.8 Å². The van der Waals surface area contributed by atoms with Gasteiger partial charge in [-0.1, -0.05) is 0 Å². The van der Waals surface area contributed by atoms with Crippen molar-refractivity contribution in [3.8, 4) is 5.88 Å². The summed E-state index contributed by atoms with van der Waals surface area (Å²) >= 11 is 0. The van der Waals surface area contributed by atoms with Crippen molar-refractivity contribution in [1.82, 2.24) is 14.9 Å². The molecule has 28 heavy (non-hydrogen) atoms. The van der Waals surface area contributed by atoms with Crippen molar-refractivity contribution in [3.05, 3.63) is 47.9 Å². The van der Waals surface area contributed by atoms with Crippen molar-refractivity contribution in [3.63, 3.8) is 0 Å². The van der Waals surface area contributed by atoms with Gasteiger partial charge in [0.1, 0.15) is 11.9 Å². The Morgan fingerprint density at radius 1 is 1.14 bits per heavy atom. The Kier molecular flexibility index (Phi) is 5.71. The van der Waals surface area contributed by atoms with E-state index in [9.17, 15) is 4.79 Å². The van der Waals surface area contributed by atoms with Crippen LogP contribution >= 0.6 is 0 Å². The highest BCUT2D eigenvalue weighted by Crippen LogP contribution is 2.21. The SMILES string of the molecule is Cc1nccc(OC2CCCN(C(=O)c3ccc(N4CCOCC4)cc3)C2)n1. The third-order valence-electron chi connectivity index (χ3n) is 5.19. The Morgan fingerprint density at radius 2 is 1.93 bits per heavy atom. The summed E-state index contributed by atoms with van der Waals surface area (Å²) in [6.45, 7) is 6.45. The molecule has 0 bridgehead atoms. The van der Waals surface area contributed by atoms with Gasteiger partial charge in [-0.3, -0.25) is 4.79 Å². The lowest BCUT2D eigenvalue weighted by molar-refractivity contribution is 0.0527. The highest BCUT2D eigenvalue weighted by molar-refractivity contribution is 5.94. The highest BCUT2D eigenvalue weighted by Gasteiger charge is 2.26. The number of hydrogen-bond donors (Lipinski definition) is 0. The number of aryl methyl sites for hydroxylation is 1. The summed E-state index contributed by atoms with van der Waals surface area (Å²) in [5.74, 6) is 1.31. The van der Waals surface area contributed by atoms with E-state index in [2.05, 4.69) is 14.9 Å². The van der Waals surface area contributed by atoms with E-state index < -0.39 is 0 Å². The number of amides is 1. The molecule has 0 radical (unpaired) electrons. The molecule has 1 atom stereocenters. The van der Waals surface area contributed by atoms with Gasteiger partial charge in [0.2, 0.25) is 5.88 Å². The van der Waals surface area contributed by atoms with E-state index in [-0.39, 0.29) is 12.0 Å². The molecule has 1 amide bonds. The average molecular weight is 382 g/mol. The predicted octanol–water partition coefficient (Wildman–Crippen LogP) is 2.31. The molecule has 1 unspecified atom stereocenters. The summed E-state index contributed by atoms with van der Waals surface area (Å²) in [6, 6.07) is 9.66. The number of ether oxygens (including phenoxy) is 2. The van der Waals surface area contributed by atoms with Gasteiger partial charge in [-0.05, 0) is 44.0 Å². The summed E-state index contributed by atoms with van der Waals surface area (Å²) in [6.07, 6.45) is 3.49. The fourth-order valence-corrected chi connectivity index (χ4v) is 3.71. The van der Waals surface area contributed by atoms with Gasteiger partial charge in [-0.2, -0.15) is 4.98 Å². The molecule has 2 aliphatic rings. The Hall–Kier alpha value is -2.67. The molecule has 4 rings (SSSR count). The number of rotatable bonds is 4. The normalized spacial score (nSPS) is 20.1. The lowest BCUT2D eigenvalue weighted by Crippen LogP contribution is -2.44. The number of hydrogen-bond acceptors (Lipinski definition) is 6. The maximum absolute atomic E-state index is 13.0. The van der Waals surface area contributed by atoms with E-state index in [1.54, 1.807) is 12.3 Å². The van der Waals surface area contributed by atoms with Crippen LogP contribution in [-0.4, -0.2) is 66.3 Å². The second kappa shape index (κ2) is 8.56. The minimum atomic E-state index is -0.0420. The fraction of sp³-hybridized carbons (Fsp3) is 0.476. The van der Waals surface area contributed by atoms with Crippen molar-refractivity contribution in [2.75, 3.05) is 44.3 Å². The summed E-state index contributed by atoms with van der Waals surface area (Å²) in [5.41, 5.74) is 1.86. The van der Waals surface area contributed by atoms with Gasteiger partial charge in [-0.25, -0.2) is 4.98 Å². The van der Waals surface area contributed by atoms with Crippen LogP contribution in [0.2, 0.25) is 0 Å². The van der Waals surface area contributed by atoms with Crippen LogP contribution in [0.25, 0.3) is 0 Å². The average Bonchev–Trinajstić information content (AvgIpc) is 2.74. The first-order valence-corrected chi connectivity index (χ1v) is 9.87. The minimum Gasteiger partial charge on any atom is -0.472 e. The van der Waals surface area contributed by atoms with Crippen LogP contribution < -0.4 is 9.64 Å². The van der Waals surface area contributed by atoms with Gasteiger partial charge in [0, 0.05) is 43.1 Å². The molecule has 0 N–H and O–H groups in total. The van der Waals surface area contributed by atoms with Crippen LogP contribution in [0, 0.1) is 6.92 Å². The number of piperidine rings is 1. The highest BCUT2D eigenvalue weighted by atomic mass is 16.5. The first-order chi connectivity index (χ1) is 13.7. The smallest absolute Gasteiger partial charge is 0.253 e. The molecule has 7 heteroatoms. The molecule has 2 saturated heterocycles. The molecular weight excluding hydrogens is 356 g/mol. The number of anilines is 1. The number of carbonyl (C=O) groups excluding carboxylic acids is 1. The quantitative estimate of drug-likeness (QED) is 0.808. The van der Waals surface area contributed by atoms with Crippen molar-refractivity contribution in [2.24, 2.45) is 0 Å². The largest absolute Gasteiger partial charge is 0.472 e. The Labute approximate surface area is 165 Å². The molecule has 2 aliphatic heterocycles. The van der Waals surface area contributed by atoms with Crippen LogP contribution in [-0.2, 0) is 4.74 Å². The molecule has 0 spiro atoms. The zero-order valence-corrected chi connectivity index (χ0v) is 16.2. The molecule has 1 aromatic heterocycles. The molecule has 148 valence electrons. The van der Waals surface area contributed by atoms with E-state index in [4.69, 9.17) is 9.47 Å². The van der Waals surface area contributed by atoms with E-state index in [0.29, 0.717) is 18.2 Å². The number of morpholine rings is 1. The number of aromatic nitrogens is 2. The Balaban J connectivity index is 1.38. The van der Waals surface area contributed by atoms with Crippen molar-refractivity contribution in [2.45, 2.75) is 25.9 Å². The number of benzene rings is 1. The first-order valence-electron chi connectivity index (χ1n) is 9.87. The Morgan fingerprint density at radius 3 is 2.68 bits per heavy atom. The summed E-state index contributed by atoms with van der Waals surface area (Å²) in [7, 11) is 0. The third-order valence-corrected chi connectivity index (χ3v) is 5.19. The van der Waals surface area contributed by atoms with Crippen LogP contribution in [0.1, 0.15) is 29.0 Å². The van der Waals surface area contributed by atoms with Gasteiger partial charge >= 0.3 is 0 Å². The van der Waals surface area contributed by atoms with Gasteiger partial charge in [-0.15, -0.1) is 0 Å². The van der Waals surface area contributed by atoms with E-state index in [0.717, 1.165) is 56.9 Å². The second-order valence-electron chi connectivity index (χ2n) is 7.22. The molecule has 1 aromatic carbocycles. The first kappa shape index (κ1) is 18.7. The lowest BCUT2D eigenvalue weighted by Gasteiger charge is -2.33. The standard InChI is InChI=1S/C21H26N4O3/c1-16-22-9-8-20(23-16)28-19-3-2-10-25(15-19)21(26)17-4-6-18(7-5-17)24-11-13-27-14-12-24/h4-9,19H,2-3,10-15H2,1H3. The predicted molar refractivity (Wildman–Crippen MR) is 106 cm³/mol. The molecule has 7 nitrogen and oxygen atoms in total. The van der Waals surface area contributed by atoms with Crippen LogP contribution in [0.15, 0.2) is 36.5 Å². The van der Waals surface area contributed by atoms with E-state index >= 15 is 0 Å².